The third-order valence-corrected chi connectivity index (χ3v) is 5.82. The standard InChI is InChI=1S/C20H25N3O3/c1-21-19(25)16-7-6-13(26-16)12-23-17-14-4-2-3-5-15(14)20(18(17)24)8-10-22-11-9-20/h2-7,17-18,22-24H,8-12H2,1H3,(H,21,25)/t17-,18+/m0/s1. The summed E-state index contributed by atoms with van der Waals surface area (Å²) in [5.74, 6) is 0.738. The minimum Gasteiger partial charge on any atom is -0.455 e. The first-order valence-corrected chi connectivity index (χ1v) is 9.18. The van der Waals surface area contributed by atoms with E-state index in [0.29, 0.717) is 18.1 Å². The number of furan rings is 1. The quantitative estimate of drug-likeness (QED) is 0.667. The second-order valence-corrected chi connectivity index (χ2v) is 7.14. The minimum absolute atomic E-state index is 0.141. The topological polar surface area (TPSA) is 86.5 Å². The lowest BCUT2D eigenvalue weighted by Gasteiger charge is -2.39. The van der Waals surface area contributed by atoms with Gasteiger partial charge in [0.1, 0.15) is 5.76 Å². The van der Waals surface area contributed by atoms with Gasteiger partial charge in [0.05, 0.1) is 18.7 Å². The van der Waals surface area contributed by atoms with Gasteiger partial charge in [-0.2, -0.15) is 0 Å². The van der Waals surface area contributed by atoms with E-state index in [9.17, 15) is 9.90 Å². The number of amides is 1. The summed E-state index contributed by atoms with van der Waals surface area (Å²) in [7, 11) is 1.58. The van der Waals surface area contributed by atoms with Crippen LogP contribution >= 0.6 is 0 Å². The maximum absolute atomic E-state index is 11.6. The summed E-state index contributed by atoms with van der Waals surface area (Å²) in [5.41, 5.74) is 2.24. The van der Waals surface area contributed by atoms with Gasteiger partial charge in [0.25, 0.3) is 5.91 Å². The Labute approximate surface area is 153 Å². The van der Waals surface area contributed by atoms with Crippen LogP contribution in [0.25, 0.3) is 0 Å². The van der Waals surface area contributed by atoms with Crippen molar-refractivity contribution in [3.05, 3.63) is 59.0 Å². The average Bonchev–Trinajstić information content (AvgIpc) is 3.24. The first-order chi connectivity index (χ1) is 12.7. The molecular weight excluding hydrogens is 330 g/mol. The number of hydrogen-bond donors (Lipinski definition) is 4. The Hall–Kier alpha value is -2.15. The van der Waals surface area contributed by atoms with Crippen molar-refractivity contribution in [1.29, 1.82) is 0 Å². The second-order valence-electron chi connectivity index (χ2n) is 7.14. The molecule has 1 amide bonds. The van der Waals surface area contributed by atoms with Crippen molar-refractivity contribution in [2.75, 3.05) is 20.1 Å². The molecule has 1 saturated heterocycles. The van der Waals surface area contributed by atoms with Crippen LogP contribution in [0.1, 0.15) is 46.3 Å². The Balaban J connectivity index is 1.55. The molecule has 1 aliphatic carbocycles. The van der Waals surface area contributed by atoms with E-state index in [1.807, 2.05) is 6.07 Å². The van der Waals surface area contributed by atoms with E-state index in [2.05, 4.69) is 34.1 Å². The van der Waals surface area contributed by atoms with Crippen LogP contribution in [-0.2, 0) is 12.0 Å². The number of fused-ring (bicyclic) bond motifs is 2. The van der Waals surface area contributed by atoms with E-state index in [1.54, 1.807) is 19.2 Å². The van der Waals surface area contributed by atoms with Gasteiger partial charge in [0.2, 0.25) is 0 Å². The van der Waals surface area contributed by atoms with Crippen LogP contribution in [0.4, 0.5) is 0 Å². The van der Waals surface area contributed by atoms with E-state index in [-0.39, 0.29) is 17.4 Å². The van der Waals surface area contributed by atoms with E-state index in [1.165, 1.54) is 11.1 Å². The van der Waals surface area contributed by atoms with Gasteiger partial charge in [-0.25, -0.2) is 0 Å². The fourth-order valence-electron chi connectivity index (χ4n) is 4.46. The van der Waals surface area contributed by atoms with Gasteiger partial charge in [-0.15, -0.1) is 0 Å². The molecule has 6 heteroatoms. The molecule has 0 unspecified atom stereocenters. The van der Waals surface area contributed by atoms with Crippen molar-refractivity contribution in [3.63, 3.8) is 0 Å². The van der Waals surface area contributed by atoms with Crippen molar-refractivity contribution >= 4 is 5.91 Å². The van der Waals surface area contributed by atoms with Gasteiger partial charge >= 0.3 is 0 Å². The Bertz CT molecular complexity index is 795. The molecule has 2 aliphatic rings. The number of hydrogen-bond acceptors (Lipinski definition) is 5. The van der Waals surface area contributed by atoms with E-state index in [0.717, 1.165) is 25.9 Å². The zero-order valence-electron chi connectivity index (χ0n) is 14.9. The largest absolute Gasteiger partial charge is 0.455 e. The van der Waals surface area contributed by atoms with Gasteiger partial charge in [-0.3, -0.25) is 4.79 Å². The van der Waals surface area contributed by atoms with E-state index >= 15 is 0 Å². The molecule has 1 fully saturated rings. The monoisotopic (exact) mass is 355 g/mol. The predicted octanol–water partition coefficient (Wildman–Crippen LogP) is 1.47. The molecule has 1 aromatic carbocycles. The van der Waals surface area contributed by atoms with Crippen LogP contribution in [0.15, 0.2) is 40.8 Å². The van der Waals surface area contributed by atoms with Gasteiger partial charge in [0, 0.05) is 12.5 Å². The third-order valence-electron chi connectivity index (χ3n) is 5.82. The lowest BCUT2D eigenvalue weighted by molar-refractivity contribution is 0.0433. The minimum atomic E-state index is -0.477. The first kappa shape index (κ1) is 17.3. The zero-order chi connectivity index (χ0) is 18.1. The molecule has 2 atom stereocenters. The summed E-state index contributed by atoms with van der Waals surface area (Å²) in [6, 6.07) is 11.7. The highest BCUT2D eigenvalue weighted by Crippen LogP contribution is 2.50. The second kappa shape index (κ2) is 6.87. The molecule has 1 aromatic heterocycles. The molecule has 0 radical (unpaired) electrons. The number of piperidine rings is 1. The van der Waals surface area contributed by atoms with Crippen LogP contribution in [0.3, 0.4) is 0 Å². The molecule has 2 heterocycles. The van der Waals surface area contributed by atoms with Gasteiger partial charge < -0.3 is 25.5 Å². The average molecular weight is 355 g/mol. The van der Waals surface area contributed by atoms with Gasteiger partial charge in [-0.1, -0.05) is 24.3 Å². The van der Waals surface area contributed by atoms with Crippen molar-refractivity contribution < 1.29 is 14.3 Å². The predicted molar refractivity (Wildman–Crippen MR) is 97.9 cm³/mol. The SMILES string of the molecule is CNC(=O)c1ccc(CN[C@H]2c3ccccc3C3(CCNCC3)[C@@H]2O)o1. The van der Waals surface area contributed by atoms with Crippen LogP contribution < -0.4 is 16.0 Å². The summed E-state index contributed by atoms with van der Waals surface area (Å²) in [4.78, 5) is 11.6. The number of carbonyl (C=O) groups is 1. The van der Waals surface area contributed by atoms with Crippen LogP contribution in [0.5, 0.6) is 0 Å². The van der Waals surface area contributed by atoms with Crippen molar-refractivity contribution in [1.82, 2.24) is 16.0 Å². The highest BCUT2D eigenvalue weighted by Gasteiger charge is 2.51. The lowest BCUT2D eigenvalue weighted by atomic mass is 9.72. The maximum Gasteiger partial charge on any atom is 0.286 e. The summed E-state index contributed by atoms with van der Waals surface area (Å²) in [5, 5.41) is 20.6. The summed E-state index contributed by atoms with van der Waals surface area (Å²) >= 11 is 0. The van der Waals surface area contributed by atoms with Crippen molar-refractivity contribution in [2.45, 2.75) is 36.9 Å². The summed E-state index contributed by atoms with van der Waals surface area (Å²) < 4.78 is 5.59. The molecular formula is C20H25N3O3. The molecule has 1 aliphatic heterocycles. The van der Waals surface area contributed by atoms with Gasteiger partial charge in [0.15, 0.2) is 5.76 Å². The zero-order valence-corrected chi connectivity index (χ0v) is 14.9. The van der Waals surface area contributed by atoms with E-state index in [4.69, 9.17) is 4.42 Å². The lowest BCUT2D eigenvalue weighted by Crippen LogP contribution is -2.47. The fourth-order valence-corrected chi connectivity index (χ4v) is 4.46. The van der Waals surface area contributed by atoms with E-state index < -0.39 is 6.10 Å². The molecule has 6 nitrogen and oxygen atoms in total. The highest BCUT2D eigenvalue weighted by molar-refractivity contribution is 5.91. The molecule has 2 aromatic rings. The van der Waals surface area contributed by atoms with Crippen molar-refractivity contribution in [3.8, 4) is 0 Å². The fraction of sp³-hybridized carbons (Fsp3) is 0.450. The molecule has 1 spiro atoms. The van der Waals surface area contributed by atoms with Crippen LogP contribution in [-0.4, -0.2) is 37.3 Å². The normalized spacial score (nSPS) is 23.8. The molecule has 0 bridgehead atoms. The highest BCUT2D eigenvalue weighted by atomic mass is 16.4. The third kappa shape index (κ3) is 2.74. The molecule has 4 N–H and O–H groups in total. The Kier molecular flexibility index (Phi) is 4.56. The number of carbonyl (C=O) groups excluding carboxylic acids is 1. The smallest absolute Gasteiger partial charge is 0.286 e. The molecule has 26 heavy (non-hydrogen) atoms. The number of aliphatic hydroxyl groups excluding tert-OH is 1. The summed E-state index contributed by atoms with van der Waals surface area (Å²) in [6.45, 7) is 2.30. The van der Waals surface area contributed by atoms with Crippen molar-refractivity contribution in [2.24, 2.45) is 0 Å². The molecule has 4 rings (SSSR count). The Morgan fingerprint density at radius 2 is 2.04 bits per heavy atom. The number of aliphatic hydroxyl groups is 1. The van der Waals surface area contributed by atoms with Crippen LogP contribution in [0.2, 0.25) is 0 Å². The maximum atomic E-state index is 11.6. The number of nitrogens with one attached hydrogen (secondary N) is 3. The molecule has 0 saturated carbocycles. The summed E-state index contributed by atoms with van der Waals surface area (Å²) in [6.07, 6.45) is 1.39. The Morgan fingerprint density at radius 3 is 2.81 bits per heavy atom. The number of rotatable bonds is 4. The Morgan fingerprint density at radius 1 is 1.27 bits per heavy atom. The molecule has 138 valence electrons. The van der Waals surface area contributed by atoms with Gasteiger partial charge in [-0.05, 0) is 49.2 Å². The van der Waals surface area contributed by atoms with Crippen LogP contribution in [0, 0.1) is 0 Å². The first-order valence-electron chi connectivity index (χ1n) is 9.18. The number of benzene rings is 1.